The molecule has 22 heavy (non-hydrogen) atoms. The second-order valence-corrected chi connectivity index (χ2v) is 6.05. The first-order chi connectivity index (χ1) is 10.6. The average molecular weight is 296 g/mol. The van der Waals surface area contributed by atoms with Crippen LogP contribution < -0.4 is 5.32 Å². The maximum Gasteiger partial charge on any atom is 0.317 e. The van der Waals surface area contributed by atoms with E-state index in [9.17, 15) is 4.79 Å². The summed E-state index contributed by atoms with van der Waals surface area (Å²) in [6.45, 7) is 4.93. The van der Waals surface area contributed by atoms with Gasteiger partial charge in [0.2, 0.25) is 0 Å². The Morgan fingerprint density at radius 3 is 2.82 bits per heavy atom. The van der Waals surface area contributed by atoms with Crippen LogP contribution in [0.3, 0.4) is 0 Å². The zero-order valence-electron chi connectivity index (χ0n) is 12.9. The fourth-order valence-electron chi connectivity index (χ4n) is 2.77. The quantitative estimate of drug-likeness (QED) is 0.881. The van der Waals surface area contributed by atoms with Gasteiger partial charge in [-0.15, -0.1) is 0 Å². The van der Waals surface area contributed by atoms with Crippen LogP contribution in [0.1, 0.15) is 30.7 Å². The number of hydrogen-bond donors (Lipinski definition) is 1. The summed E-state index contributed by atoms with van der Waals surface area (Å²) in [5.74, 6) is -0.246. The summed E-state index contributed by atoms with van der Waals surface area (Å²) in [5, 5.41) is 3.32. The molecule has 0 radical (unpaired) electrons. The largest absolute Gasteiger partial charge is 0.460 e. The average Bonchev–Trinajstić information content (AvgIpc) is 3.01. The third-order valence-electron chi connectivity index (χ3n) is 4.06. The zero-order valence-corrected chi connectivity index (χ0v) is 12.9. The van der Waals surface area contributed by atoms with Gasteiger partial charge in [0.25, 0.3) is 0 Å². The number of benzene rings is 1. The van der Waals surface area contributed by atoms with Gasteiger partial charge < -0.3 is 10.1 Å². The van der Waals surface area contributed by atoms with Crippen LogP contribution in [0.4, 0.5) is 5.69 Å². The van der Waals surface area contributed by atoms with E-state index in [0.717, 1.165) is 35.5 Å². The Hall–Kier alpha value is -2.36. The van der Waals surface area contributed by atoms with Crippen molar-refractivity contribution in [1.82, 2.24) is 4.98 Å². The molecule has 0 spiro atoms. The number of aromatic nitrogens is 1. The molecule has 1 aliphatic heterocycles. The summed E-state index contributed by atoms with van der Waals surface area (Å²) in [7, 11) is 0. The standard InChI is InChI=1S/C18H20N2O2/c1-18(2,16-14-8-10-19-15(14)9-11-20-16)17(21)22-12-13-6-4-3-5-7-13/h3-7,9,11,19H,8,10,12H2,1-2H3. The van der Waals surface area contributed by atoms with Crippen LogP contribution in [0, 0.1) is 0 Å². The number of hydrogen-bond acceptors (Lipinski definition) is 4. The van der Waals surface area contributed by atoms with Crippen LogP contribution in [0.25, 0.3) is 0 Å². The molecular weight excluding hydrogens is 276 g/mol. The normalized spacial score (nSPS) is 13.4. The predicted octanol–water partition coefficient (Wildman–Crippen LogP) is 3.07. The lowest BCUT2D eigenvalue weighted by atomic mass is 9.85. The minimum absolute atomic E-state index is 0.246. The first-order valence-electron chi connectivity index (χ1n) is 7.52. The molecule has 1 aromatic heterocycles. The number of rotatable bonds is 4. The van der Waals surface area contributed by atoms with E-state index < -0.39 is 5.41 Å². The van der Waals surface area contributed by atoms with Gasteiger partial charge in [-0.1, -0.05) is 30.3 Å². The monoisotopic (exact) mass is 296 g/mol. The molecule has 0 aliphatic carbocycles. The topological polar surface area (TPSA) is 51.2 Å². The molecule has 0 unspecified atom stereocenters. The van der Waals surface area contributed by atoms with Crippen LogP contribution in [0.2, 0.25) is 0 Å². The molecule has 2 aromatic rings. The van der Waals surface area contributed by atoms with Gasteiger partial charge in [0.1, 0.15) is 12.0 Å². The lowest BCUT2D eigenvalue weighted by Gasteiger charge is -2.24. The van der Waals surface area contributed by atoms with Crippen molar-refractivity contribution in [3.8, 4) is 0 Å². The molecule has 0 atom stereocenters. The fourth-order valence-corrected chi connectivity index (χ4v) is 2.77. The molecular formula is C18H20N2O2. The third kappa shape index (κ3) is 2.69. The van der Waals surface area contributed by atoms with E-state index in [2.05, 4.69) is 10.3 Å². The zero-order chi connectivity index (χ0) is 15.6. The van der Waals surface area contributed by atoms with Gasteiger partial charge in [-0.05, 0) is 37.5 Å². The molecule has 3 rings (SSSR count). The van der Waals surface area contributed by atoms with Gasteiger partial charge in [0.05, 0.1) is 5.69 Å². The maximum atomic E-state index is 12.6. The summed E-state index contributed by atoms with van der Waals surface area (Å²) in [4.78, 5) is 17.0. The summed E-state index contributed by atoms with van der Waals surface area (Å²) in [6, 6.07) is 11.7. The van der Waals surface area contributed by atoms with Gasteiger partial charge >= 0.3 is 5.97 Å². The number of carbonyl (C=O) groups is 1. The molecule has 114 valence electrons. The lowest BCUT2D eigenvalue weighted by Crippen LogP contribution is -2.33. The number of nitrogens with zero attached hydrogens (tertiary/aromatic N) is 1. The summed E-state index contributed by atoms with van der Waals surface area (Å²) < 4.78 is 5.51. The number of nitrogens with one attached hydrogen (secondary N) is 1. The number of anilines is 1. The minimum atomic E-state index is -0.758. The highest BCUT2D eigenvalue weighted by molar-refractivity contribution is 5.83. The minimum Gasteiger partial charge on any atom is -0.460 e. The molecule has 4 nitrogen and oxygen atoms in total. The SMILES string of the molecule is CC(C)(C(=O)OCc1ccccc1)c1nccc2c1CCN2. The van der Waals surface area contributed by atoms with E-state index in [1.807, 2.05) is 50.2 Å². The first kappa shape index (κ1) is 14.6. The van der Waals surface area contributed by atoms with Crippen molar-refractivity contribution in [2.75, 3.05) is 11.9 Å². The Morgan fingerprint density at radius 2 is 2.05 bits per heavy atom. The smallest absolute Gasteiger partial charge is 0.317 e. The maximum absolute atomic E-state index is 12.6. The van der Waals surface area contributed by atoms with Crippen molar-refractivity contribution in [2.45, 2.75) is 32.3 Å². The van der Waals surface area contributed by atoms with Gasteiger partial charge in [0, 0.05) is 18.4 Å². The van der Waals surface area contributed by atoms with Gasteiger partial charge in [-0.2, -0.15) is 0 Å². The molecule has 1 N–H and O–H groups in total. The van der Waals surface area contributed by atoms with Gasteiger partial charge in [0.15, 0.2) is 0 Å². The summed E-state index contributed by atoms with van der Waals surface area (Å²) >= 11 is 0. The van der Waals surface area contributed by atoms with E-state index in [1.165, 1.54) is 0 Å². The molecule has 0 saturated carbocycles. The van der Waals surface area contributed by atoms with E-state index >= 15 is 0 Å². The Morgan fingerprint density at radius 1 is 1.27 bits per heavy atom. The Balaban J connectivity index is 1.78. The Kier molecular flexibility index (Phi) is 3.84. The van der Waals surface area contributed by atoms with Crippen molar-refractivity contribution in [1.29, 1.82) is 0 Å². The highest BCUT2D eigenvalue weighted by atomic mass is 16.5. The summed E-state index contributed by atoms with van der Waals surface area (Å²) in [5.41, 5.74) is 3.25. The Bertz CT molecular complexity index is 681. The highest BCUT2D eigenvalue weighted by Gasteiger charge is 2.36. The molecule has 0 amide bonds. The van der Waals surface area contributed by atoms with Crippen LogP contribution >= 0.6 is 0 Å². The van der Waals surface area contributed by atoms with Crippen LogP contribution in [-0.4, -0.2) is 17.5 Å². The van der Waals surface area contributed by atoms with E-state index in [4.69, 9.17) is 4.74 Å². The highest BCUT2D eigenvalue weighted by Crippen LogP contribution is 2.33. The number of pyridine rings is 1. The van der Waals surface area contributed by atoms with E-state index in [1.54, 1.807) is 6.20 Å². The molecule has 0 saturated heterocycles. The molecule has 0 fully saturated rings. The van der Waals surface area contributed by atoms with Crippen LogP contribution in [0.5, 0.6) is 0 Å². The van der Waals surface area contributed by atoms with Crippen LogP contribution in [-0.2, 0) is 28.0 Å². The molecule has 1 aromatic carbocycles. The summed E-state index contributed by atoms with van der Waals surface area (Å²) in [6.07, 6.45) is 2.65. The van der Waals surface area contributed by atoms with Gasteiger partial charge in [-0.25, -0.2) is 0 Å². The fraction of sp³-hybridized carbons (Fsp3) is 0.333. The van der Waals surface area contributed by atoms with Crippen molar-refractivity contribution < 1.29 is 9.53 Å². The second-order valence-electron chi connectivity index (χ2n) is 6.05. The second kappa shape index (κ2) is 5.79. The van der Waals surface area contributed by atoms with Gasteiger partial charge in [-0.3, -0.25) is 9.78 Å². The molecule has 1 aliphatic rings. The van der Waals surface area contributed by atoms with Crippen molar-refractivity contribution in [2.24, 2.45) is 0 Å². The molecule has 2 heterocycles. The molecule has 4 heteroatoms. The molecule has 0 bridgehead atoms. The number of carbonyl (C=O) groups excluding carboxylic acids is 1. The number of ether oxygens (including phenoxy) is 1. The third-order valence-corrected chi connectivity index (χ3v) is 4.06. The van der Waals surface area contributed by atoms with Crippen molar-refractivity contribution in [3.63, 3.8) is 0 Å². The lowest BCUT2D eigenvalue weighted by molar-refractivity contribution is -0.150. The van der Waals surface area contributed by atoms with Crippen LogP contribution in [0.15, 0.2) is 42.6 Å². The Labute approximate surface area is 130 Å². The van der Waals surface area contributed by atoms with Crippen molar-refractivity contribution in [3.05, 3.63) is 59.4 Å². The predicted molar refractivity (Wildman–Crippen MR) is 85.7 cm³/mol. The van der Waals surface area contributed by atoms with Crippen molar-refractivity contribution >= 4 is 11.7 Å². The number of esters is 1. The number of fused-ring (bicyclic) bond motifs is 1. The van der Waals surface area contributed by atoms with E-state index in [-0.39, 0.29) is 12.6 Å². The van der Waals surface area contributed by atoms with E-state index in [0.29, 0.717) is 0 Å². The first-order valence-corrected chi connectivity index (χ1v) is 7.52.